The number of carbonyl (C=O) groups excluding carboxylic acids is 2. The van der Waals surface area contributed by atoms with Gasteiger partial charge in [-0.05, 0) is 43.7 Å². The van der Waals surface area contributed by atoms with Crippen LogP contribution in [-0.4, -0.2) is 59.5 Å². The van der Waals surface area contributed by atoms with Crippen LogP contribution in [0.2, 0.25) is 0 Å². The number of aliphatic hydroxyl groups excluding tert-OH is 1. The zero-order chi connectivity index (χ0) is 19.3. The van der Waals surface area contributed by atoms with E-state index in [1.54, 1.807) is 4.90 Å². The van der Waals surface area contributed by atoms with Crippen molar-refractivity contribution in [3.05, 3.63) is 48.6 Å². The molecule has 5 nitrogen and oxygen atoms in total. The standard InChI is InChI=1S/C22H30N2O3/c1-2-20(26)23-12-8-19(9-13-23)21(27)24-14-10-22(17-25,11-15-24)16-18-6-4-3-5-7-18/h2-7,19,25H,1,8-17H2. The molecule has 1 N–H and O–H groups in total. The van der Waals surface area contributed by atoms with E-state index in [0.717, 1.165) is 32.1 Å². The van der Waals surface area contributed by atoms with E-state index in [-0.39, 0.29) is 29.8 Å². The van der Waals surface area contributed by atoms with E-state index >= 15 is 0 Å². The fraction of sp³-hybridized carbons (Fsp3) is 0.545. The van der Waals surface area contributed by atoms with Crippen LogP contribution in [0.3, 0.4) is 0 Å². The highest BCUT2D eigenvalue weighted by molar-refractivity contribution is 5.87. The summed E-state index contributed by atoms with van der Waals surface area (Å²) in [6.45, 7) is 6.36. The van der Waals surface area contributed by atoms with Crippen molar-refractivity contribution in [2.24, 2.45) is 11.3 Å². The van der Waals surface area contributed by atoms with Gasteiger partial charge in [0.2, 0.25) is 11.8 Å². The van der Waals surface area contributed by atoms with Crippen LogP contribution in [0.1, 0.15) is 31.2 Å². The first-order valence-electron chi connectivity index (χ1n) is 9.92. The molecule has 146 valence electrons. The highest BCUT2D eigenvalue weighted by Gasteiger charge is 2.37. The Morgan fingerprint density at radius 3 is 2.26 bits per heavy atom. The summed E-state index contributed by atoms with van der Waals surface area (Å²) >= 11 is 0. The minimum atomic E-state index is -0.127. The number of rotatable bonds is 5. The first kappa shape index (κ1) is 19.6. The quantitative estimate of drug-likeness (QED) is 0.809. The highest BCUT2D eigenvalue weighted by atomic mass is 16.3. The van der Waals surface area contributed by atoms with E-state index in [1.807, 2.05) is 23.1 Å². The largest absolute Gasteiger partial charge is 0.396 e. The molecule has 2 saturated heterocycles. The molecule has 0 spiro atoms. The number of hydrogen-bond donors (Lipinski definition) is 1. The molecule has 3 rings (SSSR count). The first-order chi connectivity index (χ1) is 13.1. The lowest BCUT2D eigenvalue weighted by atomic mass is 9.74. The molecule has 1 aromatic carbocycles. The molecule has 5 heteroatoms. The van der Waals surface area contributed by atoms with Crippen molar-refractivity contribution in [1.29, 1.82) is 0 Å². The summed E-state index contributed by atoms with van der Waals surface area (Å²) in [4.78, 5) is 28.3. The van der Waals surface area contributed by atoms with E-state index in [2.05, 4.69) is 18.7 Å². The van der Waals surface area contributed by atoms with Gasteiger partial charge >= 0.3 is 0 Å². The van der Waals surface area contributed by atoms with Crippen molar-refractivity contribution < 1.29 is 14.7 Å². The maximum absolute atomic E-state index is 12.9. The Balaban J connectivity index is 1.53. The van der Waals surface area contributed by atoms with Gasteiger partial charge in [-0.25, -0.2) is 0 Å². The van der Waals surface area contributed by atoms with E-state index < -0.39 is 0 Å². The van der Waals surface area contributed by atoms with Gasteiger partial charge in [-0.1, -0.05) is 36.9 Å². The third kappa shape index (κ3) is 4.59. The highest BCUT2D eigenvalue weighted by Crippen LogP contribution is 2.35. The molecule has 0 bridgehead atoms. The molecular formula is C22H30N2O3. The molecule has 0 aromatic heterocycles. The van der Waals surface area contributed by atoms with Crippen molar-refractivity contribution in [1.82, 2.24) is 9.80 Å². The normalized spacial score (nSPS) is 20.3. The predicted molar refractivity (Wildman–Crippen MR) is 105 cm³/mol. The monoisotopic (exact) mass is 370 g/mol. The average molecular weight is 370 g/mol. The van der Waals surface area contributed by atoms with E-state index in [9.17, 15) is 14.7 Å². The SMILES string of the molecule is C=CC(=O)N1CCC(C(=O)N2CCC(CO)(Cc3ccccc3)CC2)CC1. The molecule has 2 heterocycles. The van der Waals surface area contributed by atoms with Crippen molar-refractivity contribution in [3.63, 3.8) is 0 Å². The summed E-state index contributed by atoms with van der Waals surface area (Å²) in [6.07, 6.45) is 5.31. The Hall–Kier alpha value is -2.14. The molecule has 2 fully saturated rings. The van der Waals surface area contributed by atoms with Crippen LogP contribution < -0.4 is 0 Å². The number of carbonyl (C=O) groups is 2. The Morgan fingerprint density at radius 2 is 1.70 bits per heavy atom. The smallest absolute Gasteiger partial charge is 0.245 e. The summed E-state index contributed by atoms with van der Waals surface area (Å²) in [6, 6.07) is 10.3. The number of aliphatic hydroxyl groups is 1. The summed E-state index contributed by atoms with van der Waals surface area (Å²) in [7, 11) is 0. The lowest BCUT2D eigenvalue weighted by Crippen LogP contribution is -2.49. The minimum Gasteiger partial charge on any atom is -0.396 e. The molecule has 0 unspecified atom stereocenters. The molecule has 2 aliphatic heterocycles. The number of likely N-dealkylation sites (tertiary alicyclic amines) is 2. The van der Waals surface area contributed by atoms with Crippen LogP contribution in [-0.2, 0) is 16.0 Å². The van der Waals surface area contributed by atoms with Crippen molar-refractivity contribution >= 4 is 11.8 Å². The lowest BCUT2D eigenvalue weighted by Gasteiger charge is -2.42. The molecule has 0 radical (unpaired) electrons. The summed E-state index contributed by atoms with van der Waals surface area (Å²) in [5.74, 6) is 0.175. The average Bonchev–Trinajstić information content (AvgIpc) is 2.74. The molecule has 0 atom stereocenters. The second-order valence-electron chi connectivity index (χ2n) is 7.95. The van der Waals surface area contributed by atoms with Crippen LogP contribution in [0.25, 0.3) is 0 Å². The van der Waals surface area contributed by atoms with Crippen LogP contribution in [0.5, 0.6) is 0 Å². The maximum atomic E-state index is 12.9. The van der Waals surface area contributed by atoms with Crippen molar-refractivity contribution in [2.45, 2.75) is 32.1 Å². The van der Waals surface area contributed by atoms with E-state index in [0.29, 0.717) is 26.2 Å². The molecule has 0 saturated carbocycles. The Morgan fingerprint density at radius 1 is 1.07 bits per heavy atom. The fourth-order valence-electron chi connectivity index (χ4n) is 4.36. The molecule has 0 aliphatic carbocycles. The zero-order valence-electron chi connectivity index (χ0n) is 16.0. The van der Waals surface area contributed by atoms with Gasteiger partial charge in [-0.2, -0.15) is 0 Å². The first-order valence-corrected chi connectivity index (χ1v) is 9.92. The summed E-state index contributed by atoms with van der Waals surface area (Å²) in [5.41, 5.74) is 1.11. The van der Waals surface area contributed by atoms with Crippen LogP contribution >= 0.6 is 0 Å². The van der Waals surface area contributed by atoms with Gasteiger partial charge in [0.1, 0.15) is 0 Å². The summed E-state index contributed by atoms with van der Waals surface area (Å²) in [5, 5.41) is 10.0. The van der Waals surface area contributed by atoms with Gasteiger partial charge in [-0.15, -0.1) is 0 Å². The van der Waals surface area contributed by atoms with Crippen LogP contribution in [0.4, 0.5) is 0 Å². The fourth-order valence-corrected chi connectivity index (χ4v) is 4.36. The van der Waals surface area contributed by atoms with Crippen molar-refractivity contribution in [2.75, 3.05) is 32.8 Å². The number of piperidine rings is 2. The van der Waals surface area contributed by atoms with Crippen molar-refractivity contribution in [3.8, 4) is 0 Å². The van der Waals surface area contributed by atoms with Gasteiger partial charge in [0.15, 0.2) is 0 Å². The number of benzene rings is 1. The second kappa shape index (κ2) is 8.70. The van der Waals surface area contributed by atoms with Gasteiger partial charge in [-0.3, -0.25) is 9.59 Å². The van der Waals surface area contributed by atoms with Crippen LogP contribution in [0, 0.1) is 11.3 Å². The van der Waals surface area contributed by atoms with Gasteiger partial charge < -0.3 is 14.9 Å². The topological polar surface area (TPSA) is 60.9 Å². The third-order valence-corrected chi connectivity index (χ3v) is 6.22. The predicted octanol–water partition coefficient (Wildman–Crippen LogP) is 2.25. The molecule has 2 aliphatic rings. The van der Waals surface area contributed by atoms with Gasteiger partial charge in [0.05, 0.1) is 0 Å². The van der Waals surface area contributed by atoms with Gasteiger partial charge in [0, 0.05) is 44.1 Å². The number of hydrogen-bond acceptors (Lipinski definition) is 3. The Bertz CT molecular complexity index is 657. The minimum absolute atomic E-state index is 0.00890. The number of nitrogens with zero attached hydrogens (tertiary/aromatic N) is 2. The second-order valence-corrected chi connectivity index (χ2v) is 7.95. The van der Waals surface area contributed by atoms with E-state index in [4.69, 9.17) is 0 Å². The molecule has 27 heavy (non-hydrogen) atoms. The zero-order valence-corrected chi connectivity index (χ0v) is 16.0. The lowest BCUT2D eigenvalue weighted by molar-refractivity contribution is -0.141. The van der Waals surface area contributed by atoms with E-state index in [1.165, 1.54) is 11.6 Å². The van der Waals surface area contributed by atoms with Gasteiger partial charge in [0.25, 0.3) is 0 Å². The maximum Gasteiger partial charge on any atom is 0.245 e. The molecular weight excluding hydrogens is 340 g/mol. The number of amides is 2. The third-order valence-electron chi connectivity index (χ3n) is 6.22. The molecule has 2 amide bonds. The van der Waals surface area contributed by atoms with Crippen LogP contribution in [0.15, 0.2) is 43.0 Å². The summed E-state index contributed by atoms with van der Waals surface area (Å²) < 4.78 is 0. The Labute approximate surface area is 161 Å². The molecule has 1 aromatic rings. The Kier molecular flexibility index (Phi) is 6.32.